The Hall–Kier alpha value is -2.68. The SMILES string of the molecule is O=C(CCNS(=O)(=O)c1ccc2[nH]c(=O)ccc2c1)Nc1ccc(Cl)cc1. The van der Waals surface area contributed by atoms with Crippen molar-refractivity contribution in [1.82, 2.24) is 9.71 Å². The van der Waals surface area contributed by atoms with Gasteiger partial charge < -0.3 is 10.3 Å². The number of halogens is 1. The van der Waals surface area contributed by atoms with Crippen LogP contribution in [0.25, 0.3) is 10.9 Å². The van der Waals surface area contributed by atoms with Gasteiger partial charge in [-0.05, 0) is 53.9 Å². The van der Waals surface area contributed by atoms with E-state index >= 15 is 0 Å². The van der Waals surface area contributed by atoms with Crippen molar-refractivity contribution in [3.8, 4) is 0 Å². The Morgan fingerprint density at radius 2 is 1.78 bits per heavy atom. The summed E-state index contributed by atoms with van der Waals surface area (Å²) in [5.74, 6) is -0.323. The first-order valence-corrected chi connectivity index (χ1v) is 9.88. The number of hydrogen-bond donors (Lipinski definition) is 3. The zero-order valence-corrected chi connectivity index (χ0v) is 15.6. The molecule has 0 aliphatic heterocycles. The Morgan fingerprint density at radius 3 is 2.52 bits per heavy atom. The van der Waals surface area contributed by atoms with Crippen LogP contribution in [-0.4, -0.2) is 25.9 Å². The van der Waals surface area contributed by atoms with Crippen molar-refractivity contribution in [1.29, 1.82) is 0 Å². The Morgan fingerprint density at radius 1 is 1.04 bits per heavy atom. The number of aromatic nitrogens is 1. The van der Waals surface area contributed by atoms with E-state index in [9.17, 15) is 18.0 Å². The fourth-order valence-corrected chi connectivity index (χ4v) is 3.63. The van der Waals surface area contributed by atoms with Crippen LogP contribution in [0, 0.1) is 0 Å². The molecule has 1 heterocycles. The minimum Gasteiger partial charge on any atom is -0.326 e. The second-order valence-electron chi connectivity index (χ2n) is 5.77. The van der Waals surface area contributed by atoms with Crippen molar-refractivity contribution in [2.24, 2.45) is 0 Å². The largest absolute Gasteiger partial charge is 0.326 e. The number of carbonyl (C=O) groups excluding carboxylic acids is 1. The summed E-state index contributed by atoms with van der Waals surface area (Å²) in [6.45, 7) is -0.0502. The van der Waals surface area contributed by atoms with Gasteiger partial charge in [0.1, 0.15) is 0 Å². The molecule has 0 saturated carbocycles. The number of pyridine rings is 1. The number of hydrogen-bond acceptors (Lipinski definition) is 4. The van der Waals surface area contributed by atoms with Crippen molar-refractivity contribution in [3.05, 3.63) is 70.0 Å². The molecule has 1 aromatic heterocycles. The molecule has 140 valence electrons. The van der Waals surface area contributed by atoms with Gasteiger partial charge in [0.25, 0.3) is 0 Å². The number of nitrogens with one attached hydrogen (secondary N) is 3. The summed E-state index contributed by atoms with van der Waals surface area (Å²) in [5.41, 5.74) is 0.863. The van der Waals surface area contributed by atoms with Crippen molar-refractivity contribution in [3.63, 3.8) is 0 Å². The monoisotopic (exact) mass is 405 g/mol. The summed E-state index contributed by atoms with van der Waals surface area (Å²) in [6, 6.07) is 13.9. The molecule has 0 unspecified atom stereocenters. The number of aromatic amines is 1. The minimum atomic E-state index is -3.78. The summed E-state index contributed by atoms with van der Waals surface area (Å²) in [6.07, 6.45) is -0.0250. The van der Waals surface area contributed by atoms with E-state index in [1.807, 2.05) is 0 Å². The van der Waals surface area contributed by atoms with Gasteiger partial charge in [0.05, 0.1) is 4.90 Å². The predicted molar refractivity (Wildman–Crippen MR) is 104 cm³/mol. The molecule has 0 radical (unpaired) electrons. The molecule has 2 aromatic carbocycles. The lowest BCUT2D eigenvalue weighted by atomic mass is 10.2. The number of sulfonamides is 1. The first kappa shape index (κ1) is 19.1. The van der Waals surface area contributed by atoms with Crippen LogP contribution in [0.2, 0.25) is 5.02 Å². The lowest BCUT2D eigenvalue weighted by molar-refractivity contribution is -0.116. The molecule has 0 aliphatic carbocycles. The molecule has 27 heavy (non-hydrogen) atoms. The first-order valence-electron chi connectivity index (χ1n) is 8.02. The van der Waals surface area contributed by atoms with E-state index in [0.29, 0.717) is 21.6 Å². The maximum atomic E-state index is 12.4. The number of rotatable bonds is 6. The molecule has 0 saturated heterocycles. The average Bonchev–Trinajstić information content (AvgIpc) is 2.63. The van der Waals surface area contributed by atoms with Crippen LogP contribution in [0.5, 0.6) is 0 Å². The van der Waals surface area contributed by atoms with Crippen molar-refractivity contribution >= 4 is 44.1 Å². The molecule has 3 N–H and O–H groups in total. The van der Waals surface area contributed by atoms with E-state index < -0.39 is 10.0 Å². The topological polar surface area (TPSA) is 108 Å². The molecule has 3 aromatic rings. The normalized spacial score (nSPS) is 11.4. The van der Waals surface area contributed by atoms with Crippen LogP contribution in [0.4, 0.5) is 5.69 Å². The lowest BCUT2D eigenvalue weighted by Crippen LogP contribution is -2.27. The fourth-order valence-electron chi connectivity index (χ4n) is 2.44. The Kier molecular flexibility index (Phi) is 5.59. The molecule has 0 spiro atoms. The van der Waals surface area contributed by atoms with E-state index in [1.54, 1.807) is 30.3 Å². The van der Waals surface area contributed by atoms with E-state index in [-0.39, 0.29) is 29.3 Å². The van der Waals surface area contributed by atoms with Gasteiger partial charge >= 0.3 is 0 Å². The standard InChI is InChI=1S/C18H16ClN3O4S/c19-13-2-4-14(5-3-13)21-18(24)9-10-20-27(25,26)15-6-7-16-12(11-15)1-8-17(23)22-16/h1-8,11,20H,9-10H2,(H,21,24)(H,22,23). The van der Waals surface area contributed by atoms with E-state index in [2.05, 4.69) is 15.0 Å². The van der Waals surface area contributed by atoms with Crippen molar-refractivity contribution in [2.45, 2.75) is 11.3 Å². The van der Waals surface area contributed by atoms with Gasteiger partial charge in [-0.1, -0.05) is 11.6 Å². The molecular weight excluding hydrogens is 390 g/mol. The summed E-state index contributed by atoms with van der Waals surface area (Å²) >= 11 is 5.78. The quantitative estimate of drug-likeness (QED) is 0.585. The zero-order chi connectivity index (χ0) is 19.4. The highest BCUT2D eigenvalue weighted by Crippen LogP contribution is 2.16. The second kappa shape index (κ2) is 7.91. The van der Waals surface area contributed by atoms with Gasteiger partial charge in [-0.2, -0.15) is 0 Å². The van der Waals surface area contributed by atoms with Crippen LogP contribution in [-0.2, 0) is 14.8 Å². The number of anilines is 1. The Bertz CT molecular complexity index is 1140. The highest BCUT2D eigenvalue weighted by atomic mass is 35.5. The van der Waals surface area contributed by atoms with Crippen LogP contribution in [0.1, 0.15) is 6.42 Å². The van der Waals surface area contributed by atoms with Gasteiger partial charge in [0, 0.05) is 35.3 Å². The molecule has 9 heteroatoms. The molecule has 0 atom stereocenters. The zero-order valence-electron chi connectivity index (χ0n) is 14.0. The first-order chi connectivity index (χ1) is 12.8. The van der Waals surface area contributed by atoms with Gasteiger partial charge in [0.2, 0.25) is 21.5 Å². The highest BCUT2D eigenvalue weighted by molar-refractivity contribution is 7.89. The summed E-state index contributed by atoms with van der Waals surface area (Å²) in [7, 11) is -3.78. The lowest BCUT2D eigenvalue weighted by Gasteiger charge is -2.08. The third-order valence-electron chi connectivity index (χ3n) is 3.78. The smallest absolute Gasteiger partial charge is 0.248 e. The maximum absolute atomic E-state index is 12.4. The highest BCUT2D eigenvalue weighted by Gasteiger charge is 2.15. The fraction of sp³-hybridized carbons (Fsp3) is 0.111. The van der Waals surface area contributed by atoms with Gasteiger partial charge in [-0.15, -0.1) is 0 Å². The molecule has 1 amide bonds. The average molecular weight is 406 g/mol. The maximum Gasteiger partial charge on any atom is 0.248 e. The van der Waals surface area contributed by atoms with Crippen LogP contribution >= 0.6 is 11.6 Å². The van der Waals surface area contributed by atoms with Crippen LogP contribution < -0.4 is 15.6 Å². The molecule has 0 bridgehead atoms. The molecule has 0 fully saturated rings. The van der Waals surface area contributed by atoms with Crippen LogP contribution in [0.15, 0.2) is 64.3 Å². The summed E-state index contributed by atoms with van der Waals surface area (Å²) in [4.78, 5) is 25.9. The number of carbonyl (C=O) groups is 1. The Balaban J connectivity index is 1.61. The van der Waals surface area contributed by atoms with E-state index in [1.165, 1.54) is 24.3 Å². The predicted octanol–water partition coefficient (Wildman–Crippen LogP) is 2.49. The number of H-pyrrole nitrogens is 1. The third kappa shape index (κ3) is 4.94. The van der Waals surface area contributed by atoms with Gasteiger partial charge in [-0.3, -0.25) is 9.59 Å². The van der Waals surface area contributed by atoms with Crippen molar-refractivity contribution < 1.29 is 13.2 Å². The number of benzene rings is 2. The van der Waals surface area contributed by atoms with Crippen molar-refractivity contribution in [2.75, 3.05) is 11.9 Å². The summed E-state index contributed by atoms with van der Waals surface area (Å²) < 4.78 is 27.2. The summed E-state index contributed by atoms with van der Waals surface area (Å²) in [5, 5.41) is 3.81. The molecule has 7 nitrogen and oxygen atoms in total. The second-order valence-corrected chi connectivity index (χ2v) is 7.98. The molecular formula is C18H16ClN3O4S. The molecule has 0 aliphatic rings. The number of fused-ring (bicyclic) bond motifs is 1. The van der Waals surface area contributed by atoms with Crippen LogP contribution in [0.3, 0.4) is 0 Å². The van der Waals surface area contributed by atoms with Gasteiger partial charge in [0.15, 0.2) is 0 Å². The minimum absolute atomic E-state index is 0.0250. The van der Waals surface area contributed by atoms with Gasteiger partial charge in [-0.25, -0.2) is 13.1 Å². The van der Waals surface area contributed by atoms with E-state index in [4.69, 9.17) is 11.6 Å². The molecule has 3 rings (SSSR count). The van der Waals surface area contributed by atoms with E-state index in [0.717, 1.165) is 0 Å². The number of amides is 1. The third-order valence-corrected chi connectivity index (χ3v) is 5.49. The Labute approximate surface area is 160 Å².